The summed E-state index contributed by atoms with van der Waals surface area (Å²) in [6, 6.07) is 7.72. The molecule has 1 aliphatic rings. The van der Waals surface area contributed by atoms with E-state index in [1.807, 2.05) is 30.5 Å². The number of hydrogen-bond donors (Lipinski definition) is 1. The molecule has 0 atom stereocenters. The highest BCUT2D eigenvalue weighted by molar-refractivity contribution is 6.33. The third kappa shape index (κ3) is 2.46. The topological polar surface area (TPSA) is 39.1 Å². The van der Waals surface area contributed by atoms with E-state index in [1.165, 1.54) is 0 Å². The van der Waals surface area contributed by atoms with Gasteiger partial charge in [0.15, 0.2) is 0 Å². The molecule has 4 nitrogen and oxygen atoms in total. The first-order valence-electron chi connectivity index (χ1n) is 6.28. The van der Waals surface area contributed by atoms with Crippen molar-refractivity contribution < 1.29 is 4.74 Å². The van der Waals surface area contributed by atoms with E-state index in [9.17, 15) is 0 Å². The van der Waals surface area contributed by atoms with Crippen molar-refractivity contribution in [3.05, 3.63) is 41.7 Å². The van der Waals surface area contributed by atoms with E-state index in [0.29, 0.717) is 5.02 Å². The predicted molar refractivity (Wildman–Crippen MR) is 76.0 cm³/mol. The molecule has 1 aliphatic heterocycles. The average molecular weight is 278 g/mol. The summed E-state index contributed by atoms with van der Waals surface area (Å²) in [7, 11) is 0. The number of nitrogens with zero attached hydrogens (tertiary/aromatic N) is 2. The van der Waals surface area contributed by atoms with E-state index in [4.69, 9.17) is 16.3 Å². The third-order valence-corrected chi connectivity index (χ3v) is 3.63. The molecule has 2 heterocycles. The zero-order valence-electron chi connectivity index (χ0n) is 10.8. The van der Waals surface area contributed by atoms with Crippen LogP contribution < -0.4 is 5.32 Å². The van der Waals surface area contributed by atoms with Gasteiger partial charge in [-0.2, -0.15) is 5.10 Å². The number of ether oxygens (including phenoxy) is 1. The number of hydrogen-bond acceptors (Lipinski definition) is 3. The lowest BCUT2D eigenvalue weighted by Gasteiger charge is -2.38. The molecule has 3 rings (SSSR count). The second-order valence-corrected chi connectivity index (χ2v) is 5.65. The fraction of sp³-hybridized carbons (Fsp3) is 0.357. The highest BCUT2D eigenvalue weighted by Gasteiger charge is 2.33. The van der Waals surface area contributed by atoms with Crippen LogP contribution in [0.5, 0.6) is 0 Å². The number of halogens is 1. The Morgan fingerprint density at radius 3 is 2.89 bits per heavy atom. The van der Waals surface area contributed by atoms with Crippen molar-refractivity contribution >= 4 is 17.3 Å². The maximum Gasteiger partial charge on any atom is 0.106 e. The summed E-state index contributed by atoms with van der Waals surface area (Å²) in [5.41, 5.74) is 2.09. The standard InChI is InChI=1S/C14H16ClN3O/c1-14(9-19-10-14)8-16-12-5-2-4-11(15)13(12)18-7-3-6-17-18/h2-7,16H,8-10H2,1H3. The smallest absolute Gasteiger partial charge is 0.106 e. The normalized spacial score (nSPS) is 16.9. The van der Waals surface area contributed by atoms with Crippen LogP contribution in [-0.2, 0) is 4.74 Å². The second kappa shape index (κ2) is 4.87. The number of aromatic nitrogens is 2. The number of benzene rings is 1. The van der Waals surface area contributed by atoms with Gasteiger partial charge < -0.3 is 10.1 Å². The zero-order chi connectivity index (χ0) is 13.3. The van der Waals surface area contributed by atoms with Gasteiger partial charge in [-0.3, -0.25) is 0 Å². The Balaban J connectivity index is 1.86. The fourth-order valence-corrected chi connectivity index (χ4v) is 2.41. The molecule has 1 aromatic carbocycles. The first-order valence-corrected chi connectivity index (χ1v) is 6.66. The van der Waals surface area contributed by atoms with Gasteiger partial charge >= 0.3 is 0 Å². The van der Waals surface area contributed by atoms with Crippen LogP contribution in [0.4, 0.5) is 5.69 Å². The highest BCUT2D eigenvalue weighted by Crippen LogP contribution is 2.31. The van der Waals surface area contributed by atoms with E-state index < -0.39 is 0 Å². The molecule has 0 radical (unpaired) electrons. The van der Waals surface area contributed by atoms with Crippen LogP contribution in [0.25, 0.3) is 5.69 Å². The maximum absolute atomic E-state index is 6.29. The molecule has 19 heavy (non-hydrogen) atoms. The molecule has 1 N–H and O–H groups in total. The van der Waals surface area contributed by atoms with Gasteiger partial charge in [0, 0.05) is 24.4 Å². The van der Waals surface area contributed by atoms with Gasteiger partial charge in [0.25, 0.3) is 0 Å². The van der Waals surface area contributed by atoms with Crippen LogP contribution in [0, 0.1) is 5.41 Å². The number of nitrogens with one attached hydrogen (secondary N) is 1. The van der Waals surface area contributed by atoms with Gasteiger partial charge in [-0.1, -0.05) is 24.6 Å². The molecular formula is C14H16ClN3O. The minimum absolute atomic E-state index is 0.212. The maximum atomic E-state index is 6.29. The molecule has 0 amide bonds. The monoisotopic (exact) mass is 277 g/mol. The van der Waals surface area contributed by atoms with Crippen LogP contribution in [0.3, 0.4) is 0 Å². The number of rotatable bonds is 4. The molecule has 100 valence electrons. The molecule has 0 unspecified atom stereocenters. The van der Waals surface area contributed by atoms with Crippen molar-refractivity contribution in [3.63, 3.8) is 0 Å². The van der Waals surface area contributed by atoms with Crippen LogP contribution in [0.2, 0.25) is 5.02 Å². The molecule has 5 heteroatoms. The van der Waals surface area contributed by atoms with Gasteiger partial charge in [-0.15, -0.1) is 0 Å². The van der Waals surface area contributed by atoms with Crippen molar-refractivity contribution in [1.29, 1.82) is 0 Å². The van der Waals surface area contributed by atoms with Crippen molar-refractivity contribution in [2.75, 3.05) is 25.1 Å². The summed E-state index contributed by atoms with van der Waals surface area (Å²) in [5, 5.41) is 8.40. The van der Waals surface area contributed by atoms with E-state index in [0.717, 1.165) is 31.1 Å². The Morgan fingerprint density at radius 2 is 2.26 bits per heavy atom. The summed E-state index contributed by atoms with van der Waals surface area (Å²) < 4.78 is 7.05. The number of para-hydroxylation sites is 1. The molecular weight excluding hydrogens is 262 g/mol. The molecule has 2 aromatic rings. The summed E-state index contributed by atoms with van der Waals surface area (Å²) in [5.74, 6) is 0. The number of anilines is 1. The predicted octanol–water partition coefficient (Wildman–Crippen LogP) is 2.97. The highest BCUT2D eigenvalue weighted by atomic mass is 35.5. The SMILES string of the molecule is CC1(CNc2cccc(Cl)c2-n2cccn2)COC1. The van der Waals surface area contributed by atoms with Gasteiger partial charge in [-0.25, -0.2) is 4.68 Å². The van der Waals surface area contributed by atoms with Gasteiger partial charge in [0.1, 0.15) is 5.69 Å². The fourth-order valence-electron chi connectivity index (χ4n) is 2.15. The molecule has 0 saturated carbocycles. The van der Waals surface area contributed by atoms with E-state index in [2.05, 4.69) is 17.3 Å². The van der Waals surface area contributed by atoms with Crippen molar-refractivity contribution in [2.24, 2.45) is 5.41 Å². The minimum Gasteiger partial charge on any atom is -0.383 e. The molecule has 0 aliphatic carbocycles. The van der Waals surface area contributed by atoms with Crippen LogP contribution in [0.1, 0.15) is 6.92 Å². The first-order chi connectivity index (χ1) is 9.18. The average Bonchev–Trinajstić information content (AvgIpc) is 2.87. The Bertz CT molecular complexity index is 564. The molecule has 0 spiro atoms. The van der Waals surface area contributed by atoms with E-state index >= 15 is 0 Å². The zero-order valence-corrected chi connectivity index (χ0v) is 11.5. The third-order valence-electron chi connectivity index (χ3n) is 3.33. The summed E-state index contributed by atoms with van der Waals surface area (Å²) in [6.07, 6.45) is 3.63. The first kappa shape index (κ1) is 12.5. The second-order valence-electron chi connectivity index (χ2n) is 5.24. The molecule has 0 bridgehead atoms. The summed E-state index contributed by atoms with van der Waals surface area (Å²) in [6.45, 7) is 4.68. The summed E-state index contributed by atoms with van der Waals surface area (Å²) in [4.78, 5) is 0. The van der Waals surface area contributed by atoms with Crippen molar-refractivity contribution in [3.8, 4) is 5.69 Å². The van der Waals surface area contributed by atoms with E-state index in [-0.39, 0.29) is 5.41 Å². The van der Waals surface area contributed by atoms with E-state index in [1.54, 1.807) is 10.9 Å². The van der Waals surface area contributed by atoms with Crippen molar-refractivity contribution in [1.82, 2.24) is 9.78 Å². The Kier molecular flexibility index (Phi) is 3.21. The largest absolute Gasteiger partial charge is 0.383 e. The van der Waals surface area contributed by atoms with Gasteiger partial charge in [-0.05, 0) is 18.2 Å². The van der Waals surface area contributed by atoms with Crippen LogP contribution in [0.15, 0.2) is 36.7 Å². The Morgan fingerprint density at radius 1 is 1.42 bits per heavy atom. The lowest BCUT2D eigenvalue weighted by molar-refractivity contribution is -0.0924. The Hall–Kier alpha value is -1.52. The lowest BCUT2D eigenvalue weighted by atomic mass is 9.88. The lowest BCUT2D eigenvalue weighted by Crippen LogP contribution is -2.45. The van der Waals surface area contributed by atoms with Crippen LogP contribution in [-0.4, -0.2) is 29.5 Å². The molecule has 1 saturated heterocycles. The quantitative estimate of drug-likeness (QED) is 0.934. The molecule has 1 fully saturated rings. The van der Waals surface area contributed by atoms with Gasteiger partial charge in [0.2, 0.25) is 0 Å². The van der Waals surface area contributed by atoms with Gasteiger partial charge in [0.05, 0.1) is 23.9 Å². The Labute approximate surface area is 117 Å². The van der Waals surface area contributed by atoms with Crippen LogP contribution >= 0.6 is 11.6 Å². The molecule has 1 aromatic heterocycles. The minimum atomic E-state index is 0.212. The summed E-state index contributed by atoms with van der Waals surface area (Å²) >= 11 is 6.29. The van der Waals surface area contributed by atoms with Crippen molar-refractivity contribution in [2.45, 2.75) is 6.92 Å².